The standard InChI is InChI=1S/C27H23N3O2S/c1-18-25(20-10-6-3-7-11-20)29-27(33-18)24-23(31)16-30(26(24)28)21-12-14-22(15-13-21)32-17-19-8-4-2-5-9-19/h2-15,28,31H,16-17H2,1H3. The Morgan fingerprint density at radius 2 is 1.64 bits per heavy atom. The zero-order valence-electron chi connectivity index (χ0n) is 18.2. The Hall–Kier alpha value is -3.90. The van der Waals surface area contributed by atoms with Crippen LogP contribution >= 0.6 is 11.3 Å². The van der Waals surface area contributed by atoms with E-state index in [9.17, 15) is 5.11 Å². The number of ether oxygens (including phenoxy) is 1. The van der Waals surface area contributed by atoms with Crippen LogP contribution in [0.4, 0.5) is 5.69 Å². The second kappa shape index (κ2) is 8.92. The summed E-state index contributed by atoms with van der Waals surface area (Å²) in [6, 6.07) is 27.6. The van der Waals surface area contributed by atoms with Crippen molar-refractivity contribution in [1.82, 2.24) is 4.98 Å². The van der Waals surface area contributed by atoms with Gasteiger partial charge in [-0.2, -0.15) is 0 Å². The second-order valence-electron chi connectivity index (χ2n) is 7.81. The molecular formula is C27H23N3O2S. The number of hydrogen-bond donors (Lipinski definition) is 2. The summed E-state index contributed by atoms with van der Waals surface area (Å²) in [6.07, 6.45) is 0. The molecule has 0 spiro atoms. The number of aliphatic hydroxyl groups is 1. The summed E-state index contributed by atoms with van der Waals surface area (Å²) < 4.78 is 5.87. The lowest BCUT2D eigenvalue weighted by atomic mass is 10.1. The highest BCUT2D eigenvalue weighted by atomic mass is 32.1. The number of thiazole rings is 1. The molecule has 2 N–H and O–H groups in total. The van der Waals surface area contributed by atoms with Crippen LogP contribution in [0.5, 0.6) is 5.75 Å². The predicted octanol–water partition coefficient (Wildman–Crippen LogP) is 6.46. The van der Waals surface area contributed by atoms with E-state index in [1.807, 2.05) is 91.9 Å². The molecule has 0 radical (unpaired) electrons. The van der Waals surface area contributed by atoms with Crippen molar-refractivity contribution in [1.29, 1.82) is 5.41 Å². The third kappa shape index (κ3) is 4.25. The molecule has 0 saturated carbocycles. The Morgan fingerprint density at radius 3 is 2.33 bits per heavy atom. The van der Waals surface area contributed by atoms with Gasteiger partial charge in [0.15, 0.2) is 0 Å². The van der Waals surface area contributed by atoms with Crippen LogP contribution in [0.3, 0.4) is 0 Å². The van der Waals surface area contributed by atoms with Gasteiger partial charge in [-0.15, -0.1) is 11.3 Å². The van der Waals surface area contributed by atoms with Gasteiger partial charge < -0.3 is 14.7 Å². The van der Waals surface area contributed by atoms with Gasteiger partial charge in [-0.1, -0.05) is 60.7 Å². The Morgan fingerprint density at radius 1 is 0.970 bits per heavy atom. The number of amidine groups is 1. The number of aryl methyl sites for hydroxylation is 1. The Balaban J connectivity index is 1.32. The first-order valence-electron chi connectivity index (χ1n) is 10.7. The lowest BCUT2D eigenvalue weighted by Crippen LogP contribution is -2.25. The van der Waals surface area contributed by atoms with Crippen LogP contribution < -0.4 is 9.64 Å². The van der Waals surface area contributed by atoms with Crippen LogP contribution in [0.15, 0.2) is 90.7 Å². The van der Waals surface area contributed by atoms with Gasteiger partial charge in [0.05, 0.1) is 17.8 Å². The van der Waals surface area contributed by atoms with Crippen molar-refractivity contribution in [2.24, 2.45) is 0 Å². The smallest absolute Gasteiger partial charge is 0.139 e. The van der Waals surface area contributed by atoms with Gasteiger partial charge in [-0.3, -0.25) is 5.41 Å². The molecule has 1 aromatic heterocycles. The highest BCUT2D eigenvalue weighted by molar-refractivity contribution is 7.13. The summed E-state index contributed by atoms with van der Waals surface area (Å²) in [5, 5.41) is 20.1. The quantitative estimate of drug-likeness (QED) is 0.351. The zero-order valence-corrected chi connectivity index (χ0v) is 19.0. The highest BCUT2D eigenvalue weighted by Gasteiger charge is 2.31. The van der Waals surface area contributed by atoms with Gasteiger partial charge in [0, 0.05) is 16.1 Å². The normalized spacial score (nSPS) is 13.6. The molecule has 0 saturated heterocycles. The van der Waals surface area contributed by atoms with Crippen LogP contribution in [0.25, 0.3) is 16.8 Å². The fourth-order valence-electron chi connectivity index (χ4n) is 3.86. The molecule has 0 amide bonds. The zero-order chi connectivity index (χ0) is 22.8. The van der Waals surface area contributed by atoms with Crippen molar-refractivity contribution in [3.8, 4) is 17.0 Å². The monoisotopic (exact) mass is 453 g/mol. The molecule has 33 heavy (non-hydrogen) atoms. The molecule has 164 valence electrons. The van der Waals surface area contributed by atoms with Gasteiger partial charge >= 0.3 is 0 Å². The minimum atomic E-state index is 0.165. The number of rotatable bonds is 6. The maximum Gasteiger partial charge on any atom is 0.139 e. The first-order chi connectivity index (χ1) is 16.1. The molecule has 0 aliphatic carbocycles. The van der Waals surface area contributed by atoms with E-state index >= 15 is 0 Å². The summed E-state index contributed by atoms with van der Waals surface area (Å²) >= 11 is 1.50. The van der Waals surface area contributed by atoms with Gasteiger partial charge in [0.2, 0.25) is 0 Å². The van der Waals surface area contributed by atoms with Crippen molar-refractivity contribution in [2.45, 2.75) is 13.5 Å². The van der Waals surface area contributed by atoms with Crippen molar-refractivity contribution >= 4 is 28.4 Å². The van der Waals surface area contributed by atoms with Crippen LogP contribution in [0, 0.1) is 12.3 Å². The van der Waals surface area contributed by atoms with Gasteiger partial charge in [-0.05, 0) is 36.8 Å². The lowest BCUT2D eigenvalue weighted by molar-refractivity contribution is 0.306. The molecule has 0 unspecified atom stereocenters. The van der Waals surface area contributed by atoms with Crippen LogP contribution in [0.2, 0.25) is 0 Å². The maximum atomic E-state index is 10.7. The first-order valence-corrected chi connectivity index (χ1v) is 11.5. The number of anilines is 1. The third-order valence-corrected chi connectivity index (χ3v) is 6.55. The molecule has 2 heterocycles. The van der Waals surface area contributed by atoms with Gasteiger partial charge in [-0.25, -0.2) is 4.98 Å². The van der Waals surface area contributed by atoms with E-state index < -0.39 is 0 Å². The van der Waals surface area contributed by atoms with Crippen molar-refractivity contribution < 1.29 is 9.84 Å². The molecule has 4 aromatic rings. The van der Waals surface area contributed by atoms with Gasteiger partial charge in [0.25, 0.3) is 0 Å². The van der Waals surface area contributed by atoms with Crippen molar-refractivity contribution in [2.75, 3.05) is 11.4 Å². The Bertz CT molecular complexity index is 1310. The molecule has 1 aliphatic heterocycles. The van der Waals surface area contributed by atoms with Crippen molar-refractivity contribution in [3.05, 3.63) is 106 Å². The third-order valence-electron chi connectivity index (χ3n) is 5.56. The highest BCUT2D eigenvalue weighted by Crippen LogP contribution is 2.37. The number of benzene rings is 3. The van der Waals surface area contributed by atoms with E-state index in [1.165, 1.54) is 11.3 Å². The molecule has 6 heteroatoms. The maximum absolute atomic E-state index is 10.7. The molecule has 0 atom stereocenters. The van der Waals surface area contributed by atoms with Gasteiger partial charge in [0.1, 0.15) is 29.0 Å². The van der Waals surface area contributed by atoms with E-state index in [4.69, 9.17) is 15.1 Å². The fraction of sp³-hybridized carbons (Fsp3) is 0.111. The van der Waals surface area contributed by atoms with E-state index in [2.05, 4.69) is 0 Å². The number of aliphatic hydroxyl groups excluding tert-OH is 1. The second-order valence-corrected chi connectivity index (χ2v) is 9.02. The molecule has 5 rings (SSSR count). The number of nitrogens with zero attached hydrogens (tertiary/aromatic N) is 2. The topological polar surface area (TPSA) is 69.4 Å². The summed E-state index contributed by atoms with van der Waals surface area (Å²) in [6.45, 7) is 2.77. The summed E-state index contributed by atoms with van der Waals surface area (Å²) in [5.74, 6) is 1.17. The molecule has 0 fully saturated rings. The lowest BCUT2D eigenvalue weighted by Gasteiger charge is -2.19. The average Bonchev–Trinajstić information content (AvgIpc) is 3.37. The molecule has 1 aliphatic rings. The van der Waals surface area contributed by atoms with E-state index in [1.54, 1.807) is 4.90 Å². The van der Waals surface area contributed by atoms with Crippen molar-refractivity contribution in [3.63, 3.8) is 0 Å². The average molecular weight is 454 g/mol. The van der Waals surface area contributed by atoms with E-state index in [0.717, 1.165) is 33.1 Å². The summed E-state index contributed by atoms with van der Waals surface area (Å²) in [5.41, 5.74) is 4.35. The minimum absolute atomic E-state index is 0.165. The largest absolute Gasteiger partial charge is 0.510 e. The number of nitrogens with one attached hydrogen (secondary N) is 1. The molecular weight excluding hydrogens is 430 g/mol. The molecule has 3 aromatic carbocycles. The molecule has 0 bridgehead atoms. The van der Waals surface area contributed by atoms with E-state index in [-0.39, 0.29) is 18.1 Å². The Labute approximate surface area is 196 Å². The van der Waals surface area contributed by atoms with Crippen LogP contribution in [-0.4, -0.2) is 22.5 Å². The van der Waals surface area contributed by atoms with Crippen LogP contribution in [-0.2, 0) is 6.61 Å². The number of hydrogen-bond acceptors (Lipinski definition) is 5. The predicted molar refractivity (Wildman–Crippen MR) is 134 cm³/mol. The minimum Gasteiger partial charge on any atom is -0.510 e. The van der Waals surface area contributed by atoms with Crippen LogP contribution in [0.1, 0.15) is 15.4 Å². The number of aromatic nitrogens is 1. The summed E-state index contributed by atoms with van der Waals surface area (Å²) in [7, 11) is 0. The molecule has 5 nitrogen and oxygen atoms in total. The SMILES string of the molecule is Cc1sc(C2=C(O)CN(c3ccc(OCc4ccccc4)cc3)C2=N)nc1-c1ccccc1. The summed E-state index contributed by atoms with van der Waals surface area (Å²) in [4.78, 5) is 7.61. The first kappa shape index (κ1) is 21.0. The fourth-order valence-corrected chi connectivity index (χ4v) is 4.86. The van der Waals surface area contributed by atoms with E-state index in [0.29, 0.717) is 17.2 Å². The Kier molecular flexibility index (Phi) is 5.67.